The van der Waals surface area contributed by atoms with Crippen molar-refractivity contribution in [1.82, 2.24) is 9.97 Å². The summed E-state index contributed by atoms with van der Waals surface area (Å²) in [4.78, 5) is 17.4. The Balaban J connectivity index is 3.07. The summed E-state index contributed by atoms with van der Waals surface area (Å²) in [7, 11) is 0. The smallest absolute Gasteiger partial charge is 0.341 e. The second-order valence-electron chi connectivity index (χ2n) is 2.11. The zero-order chi connectivity index (χ0) is 9.84. The van der Waals surface area contributed by atoms with Crippen LogP contribution in [0.3, 0.4) is 0 Å². The largest absolute Gasteiger partial charge is 0.477 e. The van der Waals surface area contributed by atoms with Crippen LogP contribution in [0, 0.1) is 5.82 Å². The number of nitrogens with zero attached hydrogens (tertiary/aromatic N) is 2. The van der Waals surface area contributed by atoms with Crippen LogP contribution in [0.2, 0.25) is 0 Å². The van der Waals surface area contributed by atoms with Gasteiger partial charge in [-0.25, -0.2) is 19.2 Å². The SMILES string of the molecule is NC=C(C(=O)O)c1ncc(F)cn1. The maximum Gasteiger partial charge on any atom is 0.341 e. The van der Waals surface area contributed by atoms with Crippen LogP contribution < -0.4 is 5.73 Å². The summed E-state index contributed by atoms with van der Waals surface area (Å²) in [6.07, 6.45) is 2.60. The van der Waals surface area contributed by atoms with Gasteiger partial charge >= 0.3 is 5.97 Å². The Morgan fingerprint density at radius 3 is 2.46 bits per heavy atom. The lowest BCUT2D eigenvalue weighted by Gasteiger charge is -1.97. The van der Waals surface area contributed by atoms with Gasteiger partial charge in [-0.2, -0.15) is 0 Å². The summed E-state index contributed by atoms with van der Waals surface area (Å²) in [6, 6.07) is 0. The highest BCUT2D eigenvalue weighted by molar-refractivity contribution is 6.13. The van der Waals surface area contributed by atoms with Crippen LogP contribution in [0.15, 0.2) is 18.6 Å². The fraction of sp³-hybridized carbons (Fsp3) is 0. The van der Waals surface area contributed by atoms with E-state index in [9.17, 15) is 9.18 Å². The van der Waals surface area contributed by atoms with Gasteiger partial charge in [0.05, 0.1) is 12.4 Å². The highest BCUT2D eigenvalue weighted by Crippen LogP contribution is 2.06. The minimum Gasteiger partial charge on any atom is -0.477 e. The van der Waals surface area contributed by atoms with Gasteiger partial charge in [-0.1, -0.05) is 0 Å². The Labute approximate surface area is 72.7 Å². The van der Waals surface area contributed by atoms with Gasteiger partial charge in [0.2, 0.25) is 0 Å². The van der Waals surface area contributed by atoms with Gasteiger partial charge in [0.25, 0.3) is 0 Å². The Bertz CT molecular complexity index is 347. The molecule has 0 unspecified atom stereocenters. The van der Waals surface area contributed by atoms with Crippen LogP contribution in [-0.2, 0) is 4.79 Å². The molecular formula is C7H6FN3O2. The molecule has 3 N–H and O–H groups in total. The molecule has 13 heavy (non-hydrogen) atoms. The minimum absolute atomic E-state index is 0.114. The summed E-state index contributed by atoms with van der Waals surface area (Å²) in [5.74, 6) is -2.00. The molecular weight excluding hydrogens is 177 g/mol. The quantitative estimate of drug-likeness (QED) is 0.630. The van der Waals surface area contributed by atoms with Gasteiger partial charge in [0.1, 0.15) is 5.57 Å². The fourth-order valence-electron chi connectivity index (χ4n) is 0.693. The van der Waals surface area contributed by atoms with E-state index in [4.69, 9.17) is 10.8 Å². The van der Waals surface area contributed by atoms with Crippen molar-refractivity contribution in [3.63, 3.8) is 0 Å². The number of hydrogen-bond donors (Lipinski definition) is 2. The molecule has 1 heterocycles. The molecule has 0 spiro atoms. The standard InChI is InChI=1S/C7H6FN3O2/c8-4-2-10-6(11-3-4)5(1-9)7(12)13/h1-3H,9H2,(H,12,13). The van der Waals surface area contributed by atoms with Crippen molar-refractivity contribution in [3.8, 4) is 0 Å². The molecule has 0 saturated heterocycles. The van der Waals surface area contributed by atoms with Crippen molar-refractivity contribution < 1.29 is 14.3 Å². The molecule has 0 saturated carbocycles. The summed E-state index contributed by atoms with van der Waals surface area (Å²) in [5, 5.41) is 8.57. The highest BCUT2D eigenvalue weighted by atomic mass is 19.1. The third kappa shape index (κ3) is 1.98. The number of rotatable bonds is 2. The van der Waals surface area contributed by atoms with Crippen LogP contribution in [0.4, 0.5) is 4.39 Å². The molecule has 0 fully saturated rings. The number of halogens is 1. The first-order valence-electron chi connectivity index (χ1n) is 3.28. The molecule has 0 aliphatic carbocycles. The molecule has 5 nitrogen and oxygen atoms in total. The summed E-state index contributed by atoms with van der Waals surface area (Å²) in [5.41, 5.74) is 4.76. The number of carbonyl (C=O) groups is 1. The van der Waals surface area contributed by atoms with Crippen LogP contribution >= 0.6 is 0 Å². The van der Waals surface area contributed by atoms with Crippen LogP contribution in [0.1, 0.15) is 5.82 Å². The van der Waals surface area contributed by atoms with Gasteiger partial charge in [-0.15, -0.1) is 0 Å². The third-order valence-corrected chi connectivity index (χ3v) is 1.26. The normalized spacial score (nSPS) is 11.3. The Kier molecular flexibility index (Phi) is 2.53. The van der Waals surface area contributed by atoms with Crippen LogP contribution in [0.25, 0.3) is 5.57 Å². The van der Waals surface area contributed by atoms with E-state index in [1.54, 1.807) is 0 Å². The van der Waals surface area contributed by atoms with E-state index in [2.05, 4.69) is 9.97 Å². The summed E-state index contributed by atoms with van der Waals surface area (Å²) in [6.45, 7) is 0. The topological polar surface area (TPSA) is 89.1 Å². The Morgan fingerprint density at radius 1 is 1.54 bits per heavy atom. The molecule has 0 amide bonds. The van der Waals surface area contributed by atoms with E-state index in [0.29, 0.717) is 0 Å². The number of nitrogens with two attached hydrogens (primary N) is 1. The van der Waals surface area contributed by atoms with Crippen LogP contribution in [0.5, 0.6) is 0 Å². The van der Waals surface area contributed by atoms with Crippen LogP contribution in [-0.4, -0.2) is 21.0 Å². The molecule has 1 aromatic rings. The molecule has 0 aromatic carbocycles. The zero-order valence-corrected chi connectivity index (χ0v) is 6.44. The molecule has 1 rings (SSSR count). The molecule has 0 aliphatic heterocycles. The minimum atomic E-state index is -1.26. The first-order valence-corrected chi connectivity index (χ1v) is 3.28. The second-order valence-corrected chi connectivity index (χ2v) is 2.11. The summed E-state index contributed by atoms with van der Waals surface area (Å²) < 4.78 is 12.3. The second kappa shape index (κ2) is 3.61. The van der Waals surface area contributed by atoms with Gasteiger partial charge in [-0.05, 0) is 0 Å². The van der Waals surface area contributed by atoms with Gasteiger partial charge in [-0.3, -0.25) is 0 Å². The van der Waals surface area contributed by atoms with E-state index in [1.165, 1.54) is 0 Å². The molecule has 1 aromatic heterocycles. The van der Waals surface area contributed by atoms with Gasteiger partial charge < -0.3 is 10.8 Å². The van der Waals surface area contributed by atoms with Crippen molar-refractivity contribution in [2.45, 2.75) is 0 Å². The van der Waals surface area contributed by atoms with Crippen molar-refractivity contribution >= 4 is 11.5 Å². The third-order valence-electron chi connectivity index (χ3n) is 1.26. The molecule has 0 atom stereocenters. The molecule has 0 radical (unpaired) electrons. The first-order chi connectivity index (χ1) is 6.15. The van der Waals surface area contributed by atoms with Crippen molar-refractivity contribution in [1.29, 1.82) is 0 Å². The van der Waals surface area contributed by atoms with Crippen molar-refractivity contribution in [2.24, 2.45) is 5.73 Å². The lowest BCUT2D eigenvalue weighted by Crippen LogP contribution is -2.06. The molecule has 6 heteroatoms. The fourth-order valence-corrected chi connectivity index (χ4v) is 0.693. The molecule has 0 aliphatic rings. The van der Waals surface area contributed by atoms with E-state index in [1.807, 2.05) is 0 Å². The molecule has 68 valence electrons. The van der Waals surface area contributed by atoms with E-state index < -0.39 is 11.8 Å². The first kappa shape index (κ1) is 9.11. The number of aliphatic carboxylic acids is 1. The zero-order valence-electron chi connectivity index (χ0n) is 6.44. The lowest BCUT2D eigenvalue weighted by molar-refractivity contribution is -0.130. The van der Waals surface area contributed by atoms with Gasteiger partial charge in [0, 0.05) is 6.20 Å². The maximum atomic E-state index is 12.3. The monoisotopic (exact) mass is 183 g/mol. The number of aromatic nitrogens is 2. The van der Waals surface area contributed by atoms with Gasteiger partial charge in [0.15, 0.2) is 11.6 Å². The number of carboxylic acids is 1. The van der Waals surface area contributed by atoms with E-state index in [-0.39, 0.29) is 11.4 Å². The van der Waals surface area contributed by atoms with Crippen molar-refractivity contribution in [3.05, 3.63) is 30.2 Å². The predicted molar refractivity (Wildman–Crippen MR) is 41.8 cm³/mol. The Morgan fingerprint density at radius 2 is 2.08 bits per heavy atom. The predicted octanol–water partition coefficient (Wildman–Crippen LogP) is -0.000100. The lowest BCUT2D eigenvalue weighted by atomic mass is 10.3. The van der Waals surface area contributed by atoms with Crippen molar-refractivity contribution in [2.75, 3.05) is 0 Å². The Hall–Kier alpha value is -1.98. The maximum absolute atomic E-state index is 12.3. The average molecular weight is 183 g/mol. The molecule has 0 bridgehead atoms. The van der Waals surface area contributed by atoms with E-state index >= 15 is 0 Å². The number of hydrogen-bond acceptors (Lipinski definition) is 4. The average Bonchev–Trinajstić information content (AvgIpc) is 2.09. The summed E-state index contributed by atoms with van der Waals surface area (Å²) >= 11 is 0. The van der Waals surface area contributed by atoms with E-state index in [0.717, 1.165) is 18.6 Å². The highest BCUT2D eigenvalue weighted by Gasteiger charge is 2.12. The number of carboxylic acid groups (broad SMARTS) is 1.